The zero-order chi connectivity index (χ0) is 23.3. The van der Waals surface area contributed by atoms with Gasteiger partial charge in [0.15, 0.2) is 15.8 Å². The van der Waals surface area contributed by atoms with Crippen molar-refractivity contribution in [1.82, 2.24) is 10.4 Å². The smallest absolute Gasteiger partial charge is 0.285 e. The number of hydrogen-bond donors (Lipinski definition) is 1. The number of thioether (sulfide) groups is 1. The molecular formula is C24H28N2O5S2. The molecule has 1 aliphatic heterocycles. The number of nitrogens with zero attached hydrogens (tertiary/aromatic N) is 1. The third-order valence-electron chi connectivity index (χ3n) is 7.55. The topological polar surface area (TPSA) is 77.1 Å². The molecule has 5 aliphatic rings. The standard InChI is InChI=1S/C24H28N2O5S2/c1-29-17-9-19(31-3)18(30-2)7-16(17)8-20-21(27)26(23(32)33-20)25-22(28)24-10-13-4-14(11-24)6-15(5-13)12-24/h7-9,13-15H,4-6,10-12H2,1-3H3,(H,25,28)/b20-8+. The Hall–Kier alpha value is -2.26. The number of amides is 2. The average Bonchev–Trinajstić information content (AvgIpc) is 3.05. The highest BCUT2D eigenvalue weighted by Gasteiger charge is 2.55. The van der Waals surface area contributed by atoms with Gasteiger partial charge in [-0.15, -0.1) is 0 Å². The Morgan fingerprint density at radius 2 is 1.58 bits per heavy atom. The van der Waals surface area contributed by atoms with Gasteiger partial charge in [-0.2, -0.15) is 5.01 Å². The Kier molecular flexibility index (Phi) is 5.81. The van der Waals surface area contributed by atoms with E-state index >= 15 is 0 Å². The second-order valence-electron chi connectivity index (χ2n) is 9.61. The van der Waals surface area contributed by atoms with Crippen molar-refractivity contribution in [2.24, 2.45) is 23.2 Å². The summed E-state index contributed by atoms with van der Waals surface area (Å²) in [6.07, 6.45) is 8.25. The molecule has 33 heavy (non-hydrogen) atoms. The Morgan fingerprint density at radius 3 is 2.12 bits per heavy atom. The van der Waals surface area contributed by atoms with Gasteiger partial charge in [0, 0.05) is 11.6 Å². The maximum atomic E-state index is 13.4. The zero-order valence-electron chi connectivity index (χ0n) is 19.0. The van der Waals surface area contributed by atoms with Gasteiger partial charge in [-0.05, 0) is 80.6 Å². The van der Waals surface area contributed by atoms with Gasteiger partial charge in [0.2, 0.25) is 5.91 Å². The fourth-order valence-corrected chi connectivity index (χ4v) is 7.65. The SMILES string of the molecule is COc1cc(OC)c(OC)cc1/C=C1/SC(=S)N(NC(=O)C23CC4CC(CC(C4)C2)C3)C1=O. The Balaban J connectivity index is 1.37. The lowest BCUT2D eigenvalue weighted by Crippen LogP contribution is -2.57. The third kappa shape index (κ3) is 3.89. The van der Waals surface area contributed by atoms with E-state index < -0.39 is 0 Å². The number of rotatable bonds is 6. The summed E-state index contributed by atoms with van der Waals surface area (Å²) in [5, 5.41) is 1.24. The normalized spacial score (nSPS) is 31.3. The van der Waals surface area contributed by atoms with Crippen LogP contribution < -0.4 is 19.6 Å². The van der Waals surface area contributed by atoms with Gasteiger partial charge in [-0.25, -0.2) is 0 Å². The predicted molar refractivity (Wildman–Crippen MR) is 130 cm³/mol. The van der Waals surface area contributed by atoms with E-state index in [9.17, 15) is 9.59 Å². The van der Waals surface area contributed by atoms with E-state index in [-0.39, 0.29) is 17.2 Å². The van der Waals surface area contributed by atoms with Crippen LogP contribution in [0.3, 0.4) is 0 Å². The maximum Gasteiger partial charge on any atom is 0.285 e. The van der Waals surface area contributed by atoms with Gasteiger partial charge in [0.25, 0.3) is 5.91 Å². The number of carbonyl (C=O) groups excluding carboxylic acids is 2. The summed E-state index contributed by atoms with van der Waals surface area (Å²) < 4.78 is 16.5. The summed E-state index contributed by atoms with van der Waals surface area (Å²) in [5.41, 5.74) is 3.19. The summed E-state index contributed by atoms with van der Waals surface area (Å²) in [4.78, 5) is 27.0. The molecule has 6 rings (SSSR count). The molecular weight excluding hydrogens is 460 g/mol. The molecule has 0 aromatic heterocycles. The number of nitrogens with one attached hydrogen (secondary N) is 1. The minimum absolute atomic E-state index is 0.0529. The molecule has 0 spiro atoms. The van der Waals surface area contributed by atoms with Gasteiger partial charge >= 0.3 is 0 Å². The molecule has 1 aromatic carbocycles. The van der Waals surface area contributed by atoms with Crippen LogP contribution in [0.5, 0.6) is 17.2 Å². The van der Waals surface area contributed by atoms with Crippen LogP contribution in [0.4, 0.5) is 0 Å². The minimum Gasteiger partial charge on any atom is -0.496 e. The molecule has 0 radical (unpaired) electrons. The van der Waals surface area contributed by atoms with Crippen LogP contribution in [0.2, 0.25) is 0 Å². The fourth-order valence-electron chi connectivity index (χ4n) is 6.48. The van der Waals surface area contributed by atoms with E-state index in [1.807, 2.05) is 0 Å². The average molecular weight is 489 g/mol. The first-order valence-corrected chi connectivity index (χ1v) is 12.5. The Bertz CT molecular complexity index is 1020. The lowest BCUT2D eigenvalue weighted by Gasteiger charge is -2.55. The number of hydrogen-bond acceptors (Lipinski definition) is 7. The molecule has 0 atom stereocenters. The van der Waals surface area contributed by atoms with Gasteiger partial charge in [-0.1, -0.05) is 11.8 Å². The first-order chi connectivity index (χ1) is 15.9. The molecule has 4 saturated carbocycles. The molecule has 176 valence electrons. The molecule has 9 heteroatoms. The first kappa shape index (κ1) is 22.5. The molecule has 1 aromatic rings. The van der Waals surface area contributed by atoms with Gasteiger partial charge in [-0.3, -0.25) is 15.0 Å². The van der Waals surface area contributed by atoms with E-state index in [4.69, 9.17) is 26.4 Å². The zero-order valence-corrected chi connectivity index (χ0v) is 20.6. The van der Waals surface area contributed by atoms with Crippen molar-refractivity contribution in [3.63, 3.8) is 0 Å². The van der Waals surface area contributed by atoms with Crippen molar-refractivity contribution in [3.8, 4) is 17.2 Å². The van der Waals surface area contributed by atoms with Gasteiger partial charge < -0.3 is 14.2 Å². The number of hydrazine groups is 1. The molecule has 0 unspecified atom stereocenters. The highest BCUT2D eigenvalue weighted by molar-refractivity contribution is 8.26. The van der Waals surface area contributed by atoms with Crippen LogP contribution in [0, 0.1) is 23.2 Å². The number of carbonyl (C=O) groups is 2. The summed E-state index contributed by atoms with van der Waals surface area (Å²) in [5.74, 6) is 3.14. The highest BCUT2D eigenvalue weighted by atomic mass is 32.2. The summed E-state index contributed by atoms with van der Waals surface area (Å²) in [6, 6.07) is 3.46. The van der Waals surface area contributed by atoms with Gasteiger partial charge in [0.1, 0.15) is 5.75 Å². The maximum absolute atomic E-state index is 13.4. The molecule has 5 fully saturated rings. The van der Waals surface area contributed by atoms with Crippen molar-refractivity contribution in [2.75, 3.05) is 21.3 Å². The van der Waals surface area contributed by atoms with Crippen molar-refractivity contribution in [3.05, 3.63) is 22.6 Å². The lowest BCUT2D eigenvalue weighted by molar-refractivity contribution is -0.152. The summed E-state index contributed by atoms with van der Waals surface area (Å²) >= 11 is 6.62. The largest absolute Gasteiger partial charge is 0.496 e. The van der Waals surface area contributed by atoms with Gasteiger partial charge in [0.05, 0.1) is 31.6 Å². The second-order valence-corrected chi connectivity index (χ2v) is 11.3. The molecule has 1 N–H and O–H groups in total. The molecule has 1 heterocycles. The Morgan fingerprint density at radius 1 is 1.03 bits per heavy atom. The van der Waals surface area contributed by atoms with Crippen LogP contribution in [0.15, 0.2) is 17.0 Å². The van der Waals surface area contributed by atoms with E-state index in [0.717, 1.165) is 31.0 Å². The predicted octanol–water partition coefficient (Wildman–Crippen LogP) is 4.16. The summed E-state index contributed by atoms with van der Waals surface area (Å²) in [6.45, 7) is 0. The lowest BCUT2D eigenvalue weighted by atomic mass is 9.49. The number of benzene rings is 1. The molecule has 1 saturated heterocycles. The van der Waals surface area contributed by atoms with E-state index in [1.165, 1.54) is 24.3 Å². The van der Waals surface area contributed by atoms with E-state index in [0.29, 0.717) is 49.8 Å². The van der Waals surface area contributed by atoms with Crippen molar-refractivity contribution >= 4 is 46.2 Å². The van der Waals surface area contributed by atoms with E-state index in [1.54, 1.807) is 39.5 Å². The van der Waals surface area contributed by atoms with E-state index in [2.05, 4.69) is 5.43 Å². The van der Waals surface area contributed by atoms with Crippen LogP contribution in [-0.2, 0) is 9.59 Å². The first-order valence-electron chi connectivity index (χ1n) is 11.2. The van der Waals surface area contributed by atoms with Crippen molar-refractivity contribution in [1.29, 1.82) is 0 Å². The Labute approximate surface area is 203 Å². The number of methoxy groups -OCH3 is 3. The fraction of sp³-hybridized carbons (Fsp3) is 0.542. The molecule has 4 bridgehead atoms. The van der Waals surface area contributed by atoms with Crippen LogP contribution in [-0.4, -0.2) is 42.5 Å². The van der Waals surface area contributed by atoms with Crippen molar-refractivity contribution in [2.45, 2.75) is 38.5 Å². The van der Waals surface area contributed by atoms with Crippen molar-refractivity contribution < 1.29 is 23.8 Å². The monoisotopic (exact) mass is 488 g/mol. The molecule has 2 amide bonds. The molecule has 7 nitrogen and oxygen atoms in total. The van der Waals surface area contributed by atoms with Crippen LogP contribution in [0.25, 0.3) is 6.08 Å². The number of ether oxygens (including phenoxy) is 3. The quantitative estimate of drug-likeness (QED) is 0.476. The minimum atomic E-state index is -0.353. The second kappa shape index (κ2) is 8.51. The third-order valence-corrected chi connectivity index (χ3v) is 8.85. The number of thiocarbonyl (C=S) groups is 1. The highest BCUT2D eigenvalue weighted by Crippen LogP contribution is 2.60. The summed E-state index contributed by atoms with van der Waals surface area (Å²) in [7, 11) is 4.65. The van der Waals surface area contributed by atoms with Crippen LogP contribution >= 0.6 is 24.0 Å². The molecule has 4 aliphatic carbocycles. The van der Waals surface area contributed by atoms with Crippen LogP contribution in [0.1, 0.15) is 44.1 Å².